The predicted octanol–water partition coefficient (Wildman–Crippen LogP) is 15.8. The molecule has 7 rings (SSSR count). The number of hydrogen-bond donors (Lipinski definition) is 0. The fourth-order valence-electron chi connectivity index (χ4n) is 7.45. The second-order valence-corrected chi connectivity index (χ2v) is 15.1. The molecule has 0 radical (unpaired) electrons. The average molecular weight is 814 g/mol. The van der Waals surface area contributed by atoms with Gasteiger partial charge in [-0.1, -0.05) is 190 Å². The zero-order chi connectivity index (χ0) is 44.0. The first-order valence-electron chi connectivity index (χ1n) is 21.1. The molecule has 63 heavy (non-hydrogen) atoms. The second-order valence-electron chi connectivity index (χ2n) is 15.1. The quantitative estimate of drug-likeness (QED) is 0.0597. The summed E-state index contributed by atoms with van der Waals surface area (Å²) in [6, 6.07) is 44.7. The van der Waals surface area contributed by atoms with Crippen molar-refractivity contribution in [3.63, 3.8) is 0 Å². The van der Waals surface area contributed by atoms with Gasteiger partial charge >= 0.3 is 0 Å². The van der Waals surface area contributed by atoms with Crippen LogP contribution in [0.2, 0.25) is 0 Å². The number of allylic oxidation sites excluding steroid dienone is 10. The van der Waals surface area contributed by atoms with E-state index in [1.807, 2.05) is 111 Å². The Kier molecular flexibility index (Phi) is 14.4. The molecule has 0 atom stereocenters. The Labute approximate surface area is 373 Å². The molecular weight excluding hydrogens is 763 g/mol. The number of rotatable bonds is 14. The lowest BCUT2D eigenvalue weighted by atomic mass is 9.90. The van der Waals surface area contributed by atoms with E-state index in [1.165, 1.54) is 5.39 Å². The number of amidine groups is 1. The molecule has 0 saturated heterocycles. The van der Waals surface area contributed by atoms with Gasteiger partial charge in [-0.15, -0.1) is 0 Å². The minimum atomic E-state index is 0.548. The summed E-state index contributed by atoms with van der Waals surface area (Å²) in [6.45, 7) is 21.6. The summed E-state index contributed by atoms with van der Waals surface area (Å²) in [5, 5.41) is 2.33. The minimum Gasteiger partial charge on any atom is -0.288 e. The molecule has 0 aliphatic carbocycles. The Morgan fingerprint density at radius 1 is 0.603 bits per heavy atom. The Morgan fingerprint density at radius 2 is 1.30 bits per heavy atom. The molecule has 0 aromatic heterocycles. The van der Waals surface area contributed by atoms with Crippen molar-refractivity contribution in [2.75, 3.05) is 6.54 Å². The largest absolute Gasteiger partial charge is 0.288 e. The molecule has 6 aromatic rings. The summed E-state index contributed by atoms with van der Waals surface area (Å²) in [4.78, 5) is 14.4. The van der Waals surface area contributed by atoms with Crippen molar-refractivity contribution in [3.8, 4) is 33.4 Å². The molecule has 306 valence electrons. The van der Waals surface area contributed by atoms with Crippen molar-refractivity contribution in [2.45, 2.75) is 13.8 Å². The summed E-state index contributed by atoms with van der Waals surface area (Å²) >= 11 is 0. The molecule has 0 bridgehead atoms. The van der Waals surface area contributed by atoms with Crippen LogP contribution in [0.4, 0.5) is 0 Å². The lowest BCUT2D eigenvalue weighted by Crippen LogP contribution is -2.01. The Hall–Kier alpha value is -8.01. The number of benzene rings is 6. The molecule has 0 spiro atoms. The van der Waals surface area contributed by atoms with Crippen molar-refractivity contribution in [3.05, 3.63) is 254 Å². The van der Waals surface area contributed by atoms with Crippen molar-refractivity contribution in [2.24, 2.45) is 15.0 Å². The Morgan fingerprint density at radius 3 is 2.03 bits per heavy atom. The lowest BCUT2D eigenvalue weighted by molar-refractivity contribution is 1.18. The van der Waals surface area contributed by atoms with Crippen molar-refractivity contribution in [1.29, 1.82) is 0 Å². The smallest absolute Gasteiger partial charge is 0.152 e. The van der Waals surface area contributed by atoms with E-state index in [-0.39, 0.29) is 0 Å². The van der Waals surface area contributed by atoms with Gasteiger partial charge in [0.1, 0.15) is 0 Å². The van der Waals surface area contributed by atoms with E-state index in [9.17, 15) is 0 Å². The molecule has 3 heteroatoms. The number of aliphatic imine (C=N–C) groups is 3. The highest BCUT2D eigenvalue weighted by molar-refractivity contribution is 6.11. The zero-order valence-corrected chi connectivity index (χ0v) is 36.1. The number of fused-ring (bicyclic) bond motifs is 1. The van der Waals surface area contributed by atoms with Gasteiger partial charge in [-0.05, 0) is 139 Å². The van der Waals surface area contributed by atoms with Crippen LogP contribution < -0.4 is 0 Å². The van der Waals surface area contributed by atoms with Gasteiger partial charge in [0.05, 0.1) is 12.2 Å². The summed E-state index contributed by atoms with van der Waals surface area (Å²) in [7, 11) is 0. The van der Waals surface area contributed by atoms with E-state index in [2.05, 4.69) is 147 Å². The normalized spacial score (nSPS) is 13.9. The van der Waals surface area contributed by atoms with Crippen LogP contribution in [0.15, 0.2) is 241 Å². The van der Waals surface area contributed by atoms with E-state index in [0.29, 0.717) is 18.1 Å². The monoisotopic (exact) mass is 813 g/mol. The van der Waals surface area contributed by atoms with Gasteiger partial charge in [0.2, 0.25) is 0 Å². The van der Waals surface area contributed by atoms with Gasteiger partial charge in [0, 0.05) is 11.9 Å². The highest BCUT2D eigenvalue weighted by Crippen LogP contribution is 2.37. The van der Waals surface area contributed by atoms with Crippen LogP contribution in [0, 0.1) is 0 Å². The maximum absolute atomic E-state index is 5.14. The van der Waals surface area contributed by atoms with Crippen LogP contribution in [0.1, 0.15) is 41.7 Å². The van der Waals surface area contributed by atoms with Crippen LogP contribution in [-0.4, -0.2) is 24.3 Å². The highest BCUT2D eigenvalue weighted by Gasteiger charge is 2.13. The topological polar surface area (TPSA) is 37.1 Å². The van der Waals surface area contributed by atoms with Crippen LogP contribution in [0.5, 0.6) is 0 Å². The summed E-state index contributed by atoms with van der Waals surface area (Å²) in [6.07, 6.45) is 27.7. The minimum absolute atomic E-state index is 0.548. The van der Waals surface area contributed by atoms with E-state index in [0.717, 1.165) is 83.4 Å². The van der Waals surface area contributed by atoms with Crippen molar-refractivity contribution in [1.82, 2.24) is 0 Å². The van der Waals surface area contributed by atoms with E-state index < -0.39 is 0 Å². The number of nitrogens with zero attached hydrogens (tertiary/aromatic N) is 3. The fraction of sp³-hybridized carbons (Fsp3) is 0.0500. The predicted molar refractivity (Wildman–Crippen MR) is 277 cm³/mol. The van der Waals surface area contributed by atoms with Crippen molar-refractivity contribution < 1.29 is 0 Å². The second kappa shape index (κ2) is 21.0. The molecule has 1 aliphatic heterocycles. The number of dihydropyridines is 1. The third-order valence-corrected chi connectivity index (χ3v) is 10.8. The molecule has 0 N–H and O–H groups in total. The molecule has 3 nitrogen and oxygen atoms in total. The number of hydrogen-bond acceptors (Lipinski definition) is 2. The average Bonchev–Trinajstić information content (AvgIpc) is 3.33. The first kappa shape index (κ1) is 43.1. The molecule has 0 amide bonds. The molecule has 0 saturated carbocycles. The molecular formula is C60H51N3. The first-order valence-corrected chi connectivity index (χ1v) is 21.1. The van der Waals surface area contributed by atoms with Crippen LogP contribution in [-0.2, 0) is 0 Å². The van der Waals surface area contributed by atoms with E-state index in [4.69, 9.17) is 9.98 Å². The summed E-state index contributed by atoms with van der Waals surface area (Å²) in [5.74, 6) is 0.548. The van der Waals surface area contributed by atoms with Crippen molar-refractivity contribution >= 4 is 52.0 Å². The summed E-state index contributed by atoms with van der Waals surface area (Å²) < 4.78 is 0. The Balaban J connectivity index is 1.31. The zero-order valence-electron chi connectivity index (χ0n) is 36.1. The van der Waals surface area contributed by atoms with Gasteiger partial charge in [0.15, 0.2) is 5.84 Å². The molecule has 1 aliphatic rings. The first-order chi connectivity index (χ1) is 30.8. The van der Waals surface area contributed by atoms with Crippen LogP contribution >= 0.6 is 0 Å². The third kappa shape index (κ3) is 10.8. The Bertz CT molecular complexity index is 2970. The third-order valence-electron chi connectivity index (χ3n) is 10.8. The SMILES string of the molecule is C=Cc1cc(-c2ccc(-c3cc(C(C)=NC(/C=C/C=C\C=C/C)=NC(=C)c4ccccc4)cc(-c4cccc(C(=C)/C=C\C=C5\C=CC=NC5)c4)c3)cc2)c2ccccc2c1C=C. The maximum Gasteiger partial charge on any atom is 0.152 e. The standard InChI is InChI=1S/C60H51N3/c1-7-10-11-12-16-31-60(62-44(5)48-25-14-13-15-26-48)63-45(6)53-38-54(40-55(39-53)52-28-20-27-51(37-52)43(4)22-19-23-46-24-21-36-61-42-46)49-32-34-50(35-33-49)59-41-47(8-2)56(9-3)57-29-17-18-30-58(57)59/h7-41H,2-5,42H2,1,6H3/b10-7-,12-11-,22-19-,31-16+,46-23-,62-60?,63-45?. The molecule has 6 aromatic carbocycles. The van der Waals surface area contributed by atoms with Crippen LogP contribution in [0.3, 0.4) is 0 Å². The van der Waals surface area contributed by atoms with Gasteiger partial charge in [-0.2, -0.15) is 0 Å². The van der Waals surface area contributed by atoms with Crippen LogP contribution in [0.25, 0.3) is 67.6 Å². The molecule has 0 fully saturated rings. The highest BCUT2D eigenvalue weighted by atomic mass is 14.9. The van der Waals surface area contributed by atoms with E-state index in [1.54, 1.807) is 0 Å². The van der Waals surface area contributed by atoms with Gasteiger partial charge in [-0.25, -0.2) is 9.98 Å². The molecule has 1 heterocycles. The lowest BCUT2D eigenvalue weighted by Gasteiger charge is -2.15. The molecule has 0 unspecified atom stereocenters. The van der Waals surface area contributed by atoms with E-state index >= 15 is 0 Å². The van der Waals surface area contributed by atoms with Gasteiger partial charge < -0.3 is 0 Å². The van der Waals surface area contributed by atoms with Gasteiger partial charge in [-0.3, -0.25) is 4.99 Å². The van der Waals surface area contributed by atoms with Gasteiger partial charge in [0.25, 0.3) is 0 Å². The summed E-state index contributed by atoms with van der Waals surface area (Å²) in [5.41, 5.74) is 15.2. The maximum atomic E-state index is 5.14. The fourth-order valence-corrected chi connectivity index (χ4v) is 7.45.